The number of quaternary nitrogens is 1. The first-order valence-corrected chi connectivity index (χ1v) is 9.56. The Hall–Kier alpha value is -2.45. The first-order chi connectivity index (χ1) is 13.8. The fourth-order valence-electron chi connectivity index (χ4n) is 3.42. The third kappa shape index (κ3) is 6.01. The van der Waals surface area contributed by atoms with E-state index in [1.54, 1.807) is 37.4 Å². The van der Waals surface area contributed by atoms with Crippen molar-refractivity contribution in [1.29, 1.82) is 0 Å². The number of aliphatic hydroxyl groups is 1. The summed E-state index contributed by atoms with van der Waals surface area (Å²) in [5.41, 5.74) is -0.0434. The van der Waals surface area contributed by atoms with Crippen LogP contribution in [0.1, 0.15) is 5.56 Å². The molecule has 2 aromatic carbocycles. The molecule has 2 aromatic rings. The van der Waals surface area contributed by atoms with Gasteiger partial charge in [-0.3, -0.25) is 0 Å². The summed E-state index contributed by atoms with van der Waals surface area (Å²) in [4.78, 5) is 3.16. The molecule has 1 heterocycles. The SMILES string of the molecule is COc1ccc(OC[C@H](O)C[NH+]2CCN(c3cccc(C(F)(F)F)c3)CC2)cc1. The predicted molar refractivity (Wildman–Crippen MR) is 104 cm³/mol. The van der Waals surface area contributed by atoms with Crippen LogP contribution in [0, 0.1) is 0 Å². The van der Waals surface area contributed by atoms with Gasteiger partial charge in [0.05, 0.1) is 38.9 Å². The van der Waals surface area contributed by atoms with Crippen LogP contribution in [0.4, 0.5) is 18.9 Å². The van der Waals surface area contributed by atoms with Crippen LogP contribution in [0.15, 0.2) is 48.5 Å². The van der Waals surface area contributed by atoms with Gasteiger partial charge in [-0.05, 0) is 42.5 Å². The van der Waals surface area contributed by atoms with Crippen molar-refractivity contribution < 1.29 is 32.7 Å². The van der Waals surface area contributed by atoms with Crippen LogP contribution in [0.2, 0.25) is 0 Å². The number of benzene rings is 2. The van der Waals surface area contributed by atoms with E-state index in [-0.39, 0.29) is 6.61 Å². The van der Waals surface area contributed by atoms with Gasteiger partial charge in [0.1, 0.15) is 30.8 Å². The number of aliphatic hydroxyl groups excluding tert-OH is 1. The Kier molecular flexibility index (Phi) is 6.87. The maximum atomic E-state index is 12.9. The van der Waals surface area contributed by atoms with Crippen molar-refractivity contribution in [2.24, 2.45) is 0 Å². The van der Waals surface area contributed by atoms with E-state index < -0.39 is 17.8 Å². The van der Waals surface area contributed by atoms with Gasteiger partial charge in [0.2, 0.25) is 0 Å². The molecule has 1 saturated heterocycles. The standard InChI is InChI=1S/C21H25F3N2O3/c1-28-19-5-7-20(8-6-19)29-15-18(27)14-25-9-11-26(12-10-25)17-4-2-3-16(13-17)21(22,23)24/h2-8,13,18,27H,9-12,14-15H2,1H3/p+1/t18-/m1/s1. The monoisotopic (exact) mass is 411 g/mol. The summed E-state index contributed by atoms with van der Waals surface area (Å²) < 4.78 is 49.4. The first-order valence-electron chi connectivity index (χ1n) is 9.56. The van der Waals surface area contributed by atoms with Crippen molar-refractivity contribution in [3.05, 3.63) is 54.1 Å². The van der Waals surface area contributed by atoms with E-state index in [4.69, 9.17) is 9.47 Å². The topological polar surface area (TPSA) is 46.4 Å². The molecule has 158 valence electrons. The maximum absolute atomic E-state index is 12.9. The molecule has 5 nitrogen and oxygen atoms in total. The first kappa shape index (κ1) is 21.3. The summed E-state index contributed by atoms with van der Waals surface area (Å²) in [6.07, 6.45) is -4.95. The zero-order valence-electron chi connectivity index (χ0n) is 16.3. The zero-order valence-corrected chi connectivity index (χ0v) is 16.3. The van der Waals surface area contributed by atoms with Crippen LogP contribution in [0.3, 0.4) is 0 Å². The minimum absolute atomic E-state index is 0.188. The number of hydrogen-bond donors (Lipinski definition) is 2. The molecule has 2 N–H and O–H groups in total. The number of methoxy groups -OCH3 is 1. The molecule has 8 heteroatoms. The fourth-order valence-corrected chi connectivity index (χ4v) is 3.42. The third-order valence-electron chi connectivity index (χ3n) is 5.04. The van der Waals surface area contributed by atoms with Crippen molar-refractivity contribution in [2.45, 2.75) is 12.3 Å². The van der Waals surface area contributed by atoms with E-state index in [1.807, 2.05) is 4.90 Å². The molecule has 1 aliphatic rings. The second kappa shape index (κ2) is 9.37. The molecular formula is C21H26F3N2O3+. The second-order valence-electron chi connectivity index (χ2n) is 7.13. The summed E-state index contributed by atoms with van der Waals surface area (Å²) in [7, 11) is 1.59. The molecule has 1 atom stereocenters. The number of nitrogens with one attached hydrogen (secondary N) is 1. The molecule has 0 amide bonds. The molecule has 0 saturated carbocycles. The lowest BCUT2D eigenvalue weighted by Crippen LogP contribution is -3.16. The van der Waals surface area contributed by atoms with Crippen molar-refractivity contribution >= 4 is 5.69 Å². The smallest absolute Gasteiger partial charge is 0.416 e. The van der Waals surface area contributed by atoms with Crippen molar-refractivity contribution in [2.75, 3.05) is 51.3 Å². The summed E-state index contributed by atoms with van der Waals surface area (Å²) in [5, 5.41) is 10.3. The number of rotatable bonds is 7. The lowest BCUT2D eigenvalue weighted by Gasteiger charge is -2.34. The number of halogens is 3. The number of hydrogen-bond acceptors (Lipinski definition) is 4. The molecule has 29 heavy (non-hydrogen) atoms. The molecule has 0 radical (unpaired) electrons. The minimum atomic E-state index is -4.34. The number of piperazine rings is 1. The quantitative estimate of drug-likeness (QED) is 0.730. The van der Waals surface area contributed by atoms with E-state index in [9.17, 15) is 18.3 Å². The summed E-state index contributed by atoms with van der Waals surface area (Å²) in [6.45, 7) is 3.50. The van der Waals surface area contributed by atoms with Crippen molar-refractivity contribution in [1.82, 2.24) is 0 Å². The number of alkyl halides is 3. The average molecular weight is 411 g/mol. The van der Waals surface area contributed by atoms with E-state index in [2.05, 4.69) is 0 Å². The summed E-state index contributed by atoms with van der Waals surface area (Å²) in [5.74, 6) is 1.40. The van der Waals surface area contributed by atoms with Gasteiger partial charge in [-0.1, -0.05) is 6.07 Å². The van der Waals surface area contributed by atoms with Gasteiger partial charge in [-0.2, -0.15) is 13.2 Å². The van der Waals surface area contributed by atoms with Crippen LogP contribution in [-0.2, 0) is 6.18 Å². The largest absolute Gasteiger partial charge is 0.497 e. The van der Waals surface area contributed by atoms with Gasteiger partial charge in [0.15, 0.2) is 0 Å². The van der Waals surface area contributed by atoms with Crippen molar-refractivity contribution in [3.63, 3.8) is 0 Å². The third-order valence-corrected chi connectivity index (χ3v) is 5.04. The molecule has 0 aliphatic carbocycles. The van der Waals surface area contributed by atoms with E-state index in [0.717, 1.165) is 24.9 Å². The predicted octanol–water partition coefficient (Wildman–Crippen LogP) is 1.86. The van der Waals surface area contributed by atoms with Gasteiger partial charge in [-0.25, -0.2) is 0 Å². The van der Waals surface area contributed by atoms with Crippen LogP contribution in [-0.4, -0.2) is 57.7 Å². The highest BCUT2D eigenvalue weighted by molar-refractivity contribution is 5.49. The highest BCUT2D eigenvalue weighted by Crippen LogP contribution is 2.31. The number of anilines is 1. The Balaban J connectivity index is 1.44. The average Bonchev–Trinajstić information content (AvgIpc) is 2.73. The lowest BCUT2D eigenvalue weighted by molar-refractivity contribution is -0.903. The number of ether oxygens (including phenoxy) is 2. The van der Waals surface area contributed by atoms with Crippen LogP contribution < -0.4 is 19.3 Å². The summed E-state index contributed by atoms with van der Waals surface area (Å²) >= 11 is 0. The zero-order chi connectivity index (χ0) is 20.9. The fraction of sp³-hybridized carbons (Fsp3) is 0.429. The minimum Gasteiger partial charge on any atom is -0.497 e. The molecule has 1 fully saturated rings. The van der Waals surface area contributed by atoms with Gasteiger partial charge in [0, 0.05) is 5.69 Å². The highest BCUT2D eigenvalue weighted by Gasteiger charge is 2.31. The lowest BCUT2D eigenvalue weighted by atomic mass is 10.1. The van der Waals surface area contributed by atoms with E-state index >= 15 is 0 Å². The molecule has 0 spiro atoms. The van der Waals surface area contributed by atoms with E-state index in [0.29, 0.717) is 31.1 Å². The number of nitrogens with zero attached hydrogens (tertiary/aromatic N) is 1. The maximum Gasteiger partial charge on any atom is 0.416 e. The molecular weight excluding hydrogens is 385 g/mol. The van der Waals surface area contributed by atoms with Crippen LogP contribution in [0.5, 0.6) is 11.5 Å². The Morgan fingerprint density at radius 1 is 1.07 bits per heavy atom. The molecule has 0 bridgehead atoms. The molecule has 0 unspecified atom stereocenters. The molecule has 1 aliphatic heterocycles. The second-order valence-corrected chi connectivity index (χ2v) is 7.13. The van der Waals surface area contributed by atoms with Crippen molar-refractivity contribution in [3.8, 4) is 11.5 Å². The molecule has 0 aromatic heterocycles. The van der Waals surface area contributed by atoms with Gasteiger partial charge >= 0.3 is 6.18 Å². The van der Waals surface area contributed by atoms with Crippen LogP contribution in [0.25, 0.3) is 0 Å². The van der Waals surface area contributed by atoms with E-state index in [1.165, 1.54) is 17.0 Å². The Morgan fingerprint density at radius 3 is 2.34 bits per heavy atom. The highest BCUT2D eigenvalue weighted by atomic mass is 19.4. The Labute approximate surface area is 168 Å². The van der Waals surface area contributed by atoms with Gasteiger partial charge < -0.3 is 24.4 Å². The Morgan fingerprint density at radius 2 is 1.72 bits per heavy atom. The molecule has 3 rings (SSSR count). The van der Waals surface area contributed by atoms with Gasteiger partial charge in [-0.15, -0.1) is 0 Å². The van der Waals surface area contributed by atoms with Gasteiger partial charge in [0.25, 0.3) is 0 Å². The summed E-state index contributed by atoms with van der Waals surface area (Å²) in [6, 6.07) is 12.6. The Bertz CT molecular complexity index is 775. The normalized spacial score (nSPS) is 16.5. The van der Waals surface area contributed by atoms with Crippen LogP contribution >= 0.6 is 0 Å².